The van der Waals surface area contributed by atoms with Crippen LogP contribution in [0, 0.1) is 5.92 Å². The van der Waals surface area contributed by atoms with E-state index in [0.717, 1.165) is 26.1 Å². The second-order valence-corrected chi connectivity index (χ2v) is 6.43. The van der Waals surface area contributed by atoms with Crippen LogP contribution in [-0.4, -0.2) is 53.0 Å². The molecule has 2 N–H and O–H groups in total. The number of nitrogens with two attached hydrogens (primary N) is 1. The van der Waals surface area contributed by atoms with Crippen LogP contribution >= 0.6 is 24.8 Å². The number of hydrogen-bond acceptors (Lipinski definition) is 5. The van der Waals surface area contributed by atoms with Crippen molar-refractivity contribution in [2.45, 2.75) is 38.6 Å². The first-order valence-electron chi connectivity index (χ1n) is 8.28. The lowest BCUT2D eigenvalue weighted by atomic mass is 10.1. The Morgan fingerprint density at radius 3 is 2.62 bits per heavy atom. The van der Waals surface area contributed by atoms with Gasteiger partial charge in [-0.15, -0.1) is 24.8 Å². The van der Waals surface area contributed by atoms with E-state index in [1.165, 1.54) is 19.3 Å². The number of likely N-dealkylation sites (tertiary alicyclic amines) is 1. The van der Waals surface area contributed by atoms with E-state index in [-0.39, 0.29) is 36.8 Å². The summed E-state index contributed by atoms with van der Waals surface area (Å²) >= 11 is 0. The van der Waals surface area contributed by atoms with Crippen LogP contribution in [0.25, 0.3) is 0 Å². The van der Waals surface area contributed by atoms with E-state index in [9.17, 15) is 4.79 Å². The van der Waals surface area contributed by atoms with E-state index in [4.69, 9.17) is 5.73 Å². The second kappa shape index (κ2) is 9.39. The quantitative estimate of drug-likeness (QED) is 0.875. The molecule has 6 nitrogen and oxygen atoms in total. The van der Waals surface area contributed by atoms with Crippen LogP contribution in [0.5, 0.6) is 0 Å². The van der Waals surface area contributed by atoms with Gasteiger partial charge in [-0.2, -0.15) is 0 Å². The van der Waals surface area contributed by atoms with Gasteiger partial charge in [-0.05, 0) is 51.1 Å². The highest BCUT2D eigenvalue weighted by molar-refractivity contribution is 5.93. The number of piperidine rings is 1. The fourth-order valence-corrected chi connectivity index (χ4v) is 3.46. The number of aromatic nitrogens is 2. The van der Waals surface area contributed by atoms with Crippen molar-refractivity contribution in [3.05, 3.63) is 18.0 Å². The molecule has 2 unspecified atom stereocenters. The molecule has 0 bridgehead atoms. The number of carbonyl (C=O) groups excluding carboxylic acids is 1. The minimum absolute atomic E-state index is 0. The van der Waals surface area contributed by atoms with Gasteiger partial charge in [-0.1, -0.05) is 0 Å². The Labute approximate surface area is 156 Å². The molecule has 136 valence electrons. The van der Waals surface area contributed by atoms with Crippen molar-refractivity contribution in [1.29, 1.82) is 0 Å². The monoisotopic (exact) mass is 375 g/mol. The summed E-state index contributed by atoms with van der Waals surface area (Å²) in [6, 6.07) is 1.95. The second-order valence-electron chi connectivity index (χ2n) is 6.43. The molecule has 0 radical (unpaired) electrons. The molecule has 0 aliphatic carbocycles. The van der Waals surface area contributed by atoms with Crippen molar-refractivity contribution >= 4 is 36.7 Å². The van der Waals surface area contributed by atoms with Gasteiger partial charge in [0.15, 0.2) is 0 Å². The molecule has 8 heteroatoms. The molecule has 2 saturated heterocycles. The standard InChI is InChI=1S/C16H25N5O.2ClH/c1-12-9-13(10-17)11-21(12)15(22)14-5-6-18-16(19-14)20-7-3-2-4-8-20;;/h5-6,12-13H,2-4,7-11,17H2,1H3;2*1H. The van der Waals surface area contributed by atoms with Crippen LogP contribution in [0.3, 0.4) is 0 Å². The maximum Gasteiger partial charge on any atom is 0.272 e. The molecule has 0 saturated carbocycles. The molecule has 1 aromatic heterocycles. The summed E-state index contributed by atoms with van der Waals surface area (Å²) < 4.78 is 0. The van der Waals surface area contributed by atoms with Gasteiger partial charge < -0.3 is 15.5 Å². The largest absolute Gasteiger partial charge is 0.341 e. The smallest absolute Gasteiger partial charge is 0.272 e. The molecule has 24 heavy (non-hydrogen) atoms. The molecule has 3 heterocycles. The van der Waals surface area contributed by atoms with Gasteiger partial charge in [0.2, 0.25) is 5.95 Å². The molecule has 2 aliphatic rings. The van der Waals surface area contributed by atoms with Gasteiger partial charge in [-0.3, -0.25) is 4.79 Å². The van der Waals surface area contributed by atoms with Crippen LogP contribution in [0.1, 0.15) is 43.1 Å². The van der Waals surface area contributed by atoms with Crippen molar-refractivity contribution in [2.75, 3.05) is 31.1 Å². The molecule has 0 aromatic carbocycles. The van der Waals surface area contributed by atoms with E-state index in [2.05, 4.69) is 21.8 Å². The number of hydrogen-bond donors (Lipinski definition) is 1. The third kappa shape index (κ3) is 4.49. The van der Waals surface area contributed by atoms with Crippen molar-refractivity contribution in [3.8, 4) is 0 Å². The molecule has 1 amide bonds. The maximum absolute atomic E-state index is 12.7. The Balaban J connectivity index is 0.00000144. The van der Waals surface area contributed by atoms with E-state index < -0.39 is 0 Å². The number of rotatable bonds is 3. The maximum atomic E-state index is 12.7. The van der Waals surface area contributed by atoms with Crippen molar-refractivity contribution < 1.29 is 4.79 Å². The predicted molar refractivity (Wildman–Crippen MR) is 100 cm³/mol. The van der Waals surface area contributed by atoms with E-state index in [1.54, 1.807) is 12.3 Å². The molecule has 0 spiro atoms. The highest BCUT2D eigenvalue weighted by Gasteiger charge is 2.32. The van der Waals surface area contributed by atoms with Crippen molar-refractivity contribution in [1.82, 2.24) is 14.9 Å². The zero-order valence-corrected chi connectivity index (χ0v) is 15.7. The minimum atomic E-state index is 0. The Hall–Kier alpha value is -1.11. The third-order valence-electron chi connectivity index (χ3n) is 4.76. The number of anilines is 1. The summed E-state index contributed by atoms with van der Waals surface area (Å²) in [4.78, 5) is 25.7. The molecular formula is C16H27Cl2N5O. The van der Waals surface area contributed by atoms with E-state index in [0.29, 0.717) is 24.1 Å². The van der Waals surface area contributed by atoms with Gasteiger partial charge in [0, 0.05) is 31.9 Å². The Kier molecular flexibility index (Phi) is 8.19. The van der Waals surface area contributed by atoms with Crippen molar-refractivity contribution in [3.63, 3.8) is 0 Å². The van der Waals surface area contributed by atoms with Crippen LogP contribution in [0.4, 0.5) is 5.95 Å². The zero-order chi connectivity index (χ0) is 15.5. The fraction of sp³-hybridized carbons (Fsp3) is 0.688. The summed E-state index contributed by atoms with van der Waals surface area (Å²) in [6.45, 7) is 5.41. The lowest BCUT2D eigenvalue weighted by molar-refractivity contribution is 0.0737. The Morgan fingerprint density at radius 1 is 1.29 bits per heavy atom. The van der Waals surface area contributed by atoms with E-state index >= 15 is 0 Å². The normalized spacial score (nSPS) is 23.4. The average molecular weight is 376 g/mol. The summed E-state index contributed by atoms with van der Waals surface area (Å²) in [7, 11) is 0. The van der Waals surface area contributed by atoms with Crippen LogP contribution < -0.4 is 10.6 Å². The van der Waals surface area contributed by atoms with Crippen LogP contribution in [0.2, 0.25) is 0 Å². The summed E-state index contributed by atoms with van der Waals surface area (Å²) in [5.74, 6) is 1.10. The number of nitrogens with zero attached hydrogens (tertiary/aromatic N) is 4. The summed E-state index contributed by atoms with van der Waals surface area (Å²) in [6.07, 6.45) is 6.28. The van der Waals surface area contributed by atoms with Gasteiger partial charge in [0.1, 0.15) is 5.69 Å². The zero-order valence-electron chi connectivity index (χ0n) is 14.1. The topological polar surface area (TPSA) is 75.3 Å². The lowest BCUT2D eigenvalue weighted by Gasteiger charge is -2.27. The third-order valence-corrected chi connectivity index (χ3v) is 4.76. The van der Waals surface area contributed by atoms with E-state index in [1.807, 2.05) is 4.90 Å². The number of carbonyl (C=O) groups is 1. The summed E-state index contributed by atoms with van der Waals surface area (Å²) in [5.41, 5.74) is 6.25. The van der Waals surface area contributed by atoms with Gasteiger partial charge in [0.05, 0.1) is 0 Å². The van der Waals surface area contributed by atoms with Gasteiger partial charge in [0.25, 0.3) is 5.91 Å². The molecular weight excluding hydrogens is 349 g/mol. The number of amides is 1. The molecule has 1 aromatic rings. The first kappa shape index (κ1) is 20.9. The van der Waals surface area contributed by atoms with Gasteiger partial charge >= 0.3 is 0 Å². The van der Waals surface area contributed by atoms with Crippen molar-refractivity contribution in [2.24, 2.45) is 11.7 Å². The molecule has 3 rings (SSSR count). The SMILES string of the molecule is CC1CC(CN)CN1C(=O)c1ccnc(N2CCCCC2)n1.Cl.Cl. The average Bonchev–Trinajstić information content (AvgIpc) is 2.96. The van der Waals surface area contributed by atoms with Crippen LogP contribution in [-0.2, 0) is 0 Å². The molecule has 2 fully saturated rings. The highest BCUT2D eigenvalue weighted by Crippen LogP contribution is 2.24. The fourth-order valence-electron chi connectivity index (χ4n) is 3.46. The Bertz CT molecular complexity index is 539. The Morgan fingerprint density at radius 2 is 2.00 bits per heavy atom. The van der Waals surface area contributed by atoms with Crippen LogP contribution in [0.15, 0.2) is 12.3 Å². The highest BCUT2D eigenvalue weighted by atomic mass is 35.5. The first-order valence-corrected chi connectivity index (χ1v) is 8.28. The summed E-state index contributed by atoms with van der Waals surface area (Å²) in [5, 5.41) is 0. The molecule has 2 atom stereocenters. The lowest BCUT2D eigenvalue weighted by Crippen LogP contribution is -2.36. The van der Waals surface area contributed by atoms with Gasteiger partial charge in [-0.25, -0.2) is 9.97 Å². The number of halogens is 2. The molecule has 2 aliphatic heterocycles. The minimum Gasteiger partial charge on any atom is -0.341 e. The predicted octanol–water partition coefficient (Wildman–Crippen LogP) is 2.12. The first-order chi connectivity index (χ1) is 10.7.